The topological polar surface area (TPSA) is 72.9 Å². The van der Waals surface area contributed by atoms with Crippen LogP contribution in [0.15, 0.2) is 42.2 Å². The van der Waals surface area contributed by atoms with Gasteiger partial charge in [-0.2, -0.15) is 0 Å². The van der Waals surface area contributed by atoms with E-state index in [1.54, 1.807) is 0 Å². The molecule has 0 radical (unpaired) electrons. The van der Waals surface area contributed by atoms with Gasteiger partial charge >= 0.3 is 5.97 Å². The molecule has 0 N–H and O–H groups in total. The number of ether oxygens (including phenoxy) is 2. The molecule has 1 aromatic carbocycles. The number of rotatable bonds is 4. The fourth-order valence-electron chi connectivity index (χ4n) is 2.40. The maximum Gasteiger partial charge on any atom is 0.337 e. The van der Waals surface area contributed by atoms with Crippen molar-refractivity contribution in [1.82, 2.24) is 4.90 Å². The number of benzene rings is 1. The van der Waals surface area contributed by atoms with Crippen LogP contribution >= 0.6 is 0 Å². The second kappa shape index (κ2) is 5.40. The van der Waals surface area contributed by atoms with Crippen LogP contribution < -0.4 is 0 Å². The fourth-order valence-corrected chi connectivity index (χ4v) is 2.40. The van der Waals surface area contributed by atoms with Crippen molar-refractivity contribution in [3.63, 3.8) is 0 Å². The summed E-state index contributed by atoms with van der Waals surface area (Å²) < 4.78 is 10.6. The van der Waals surface area contributed by atoms with E-state index in [4.69, 9.17) is 9.47 Å². The number of fused-ring (bicyclic) bond motifs is 1. The van der Waals surface area contributed by atoms with Crippen molar-refractivity contribution in [2.24, 2.45) is 0 Å². The summed E-state index contributed by atoms with van der Waals surface area (Å²) in [6.45, 7) is 0.108. The third-order valence-electron chi connectivity index (χ3n) is 3.45. The summed E-state index contributed by atoms with van der Waals surface area (Å²) in [6, 6.07) is 8.26. The zero-order valence-corrected chi connectivity index (χ0v) is 11.1. The molecule has 2 aliphatic heterocycles. The average molecular weight is 287 g/mol. The quantitative estimate of drug-likeness (QED) is 0.354. The highest BCUT2D eigenvalue weighted by molar-refractivity contribution is 5.92. The first kappa shape index (κ1) is 13.4. The van der Waals surface area contributed by atoms with Crippen molar-refractivity contribution in [1.29, 1.82) is 0 Å². The maximum absolute atomic E-state index is 12.2. The minimum atomic E-state index is -0.954. The lowest BCUT2D eigenvalue weighted by molar-refractivity contribution is -0.166. The zero-order chi connectivity index (χ0) is 14.8. The molecule has 108 valence electrons. The highest BCUT2D eigenvalue weighted by Gasteiger charge is 2.54. The first-order valence-corrected chi connectivity index (χ1v) is 6.54. The molecule has 0 aliphatic carbocycles. The van der Waals surface area contributed by atoms with Crippen molar-refractivity contribution in [3.05, 3.63) is 47.7 Å². The van der Waals surface area contributed by atoms with Crippen LogP contribution in [-0.2, 0) is 30.5 Å². The molecule has 6 nitrogen and oxygen atoms in total. The molecule has 1 amide bonds. The molecule has 2 heterocycles. The van der Waals surface area contributed by atoms with Gasteiger partial charge in [0, 0.05) is 6.08 Å². The monoisotopic (exact) mass is 287 g/mol. The van der Waals surface area contributed by atoms with Gasteiger partial charge in [-0.25, -0.2) is 4.79 Å². The number of nitrogens with zero attached hydrogens (tertiary/aromatic N) is 1. The molecule has 2 saturated heterocycles. The minimum Gasteiger partial charge on any atom is -0.471 e. The number of hydrogen-bond donors (Lipinski definition) is 0. The normalized spacial score (nSPS) is 25.0. The van der Waals surface area contributed by atoms with Crippen LogP contribution in [0.25, 0.3) is 0 Å². The maximum atomic E-state index is 12.2. The lowest BCUT2D eigenvalue weighted by atomic mass is 10.1. The lowest BCUT2D eigenvalue weighted by Gasteiger charge is -2.33. The molecule has 0 aromatic heterocycles. The Hall–Kier alpha value is -2.63. The molecule has 0 spiro atoms. The SMILES string of the molecule is O=CC=C1OC2CC(=O)N2C1C(=O)OCc1ccccc1. The van der Waals surface area contributed by atoms with Gasteiger partial charge < -0.3 is 9.47 Å². The van der Waals surface area contributed by atoms with Crippen LogP contribution in [0, 0.1) is 0 Å². The molecule has 1 aromatic rings. The molecule has 6 heteroatoms. The number of carbonyl (C=O) groups excluding carboxylic acids is 3. The fraction of sp³-hybridized carbons (Fsp3) is 0.267. The van der Waals surface area contributed by atoms with Gasteiger partial charge in [0.15, 0.2) is 12.3 Å². The van der Waals surface area contributed by atoms with Gasteiger partial charge in [0.2, 0.25) is 5.91 Å². The van der Waals surface area contributed by atoms with Gasteiger partial charge in [-0.3, -0.25) is 14.5 Å². The minimum absolute atomic E-state index is 0.108. The molecule has 0 saturated carbocycles. The van der Waals surface area contributed by atoms with Crippen LogP contribution in [0.5, 0.6) is 0 Å². The number of allylic oxidation sites excluding steroid dienone is 1. The summed E-state index contributed by atoms with van der Waals surface area (Å²) in [5, 5.41) is 0. The Morgan fingerprint density at radius 1 is 1.38 bits per heavy atom. The molecule has 2 atom stereocenters. The summed E-state index contributed by atoms with van der Waals surface area (Å²) in [6.07, 6.45) is 1.44. The van der Waals surface area contributed by atoms with Gasteiger partial charge in [0.25, 0.3) is 0 Å². The smallest absolute Gasteiger partial charge is 0.337 e. The standard InChI is InChI=1S/C15H13NO5/c17-7-6-11-14(16-12(18)8-13(16)21-11)15(19)20-9-10-4-2-1-3-5-10/h1-7,13-14H,8-9H2. The molecular formula is C15H13NO5. The number of amides is 1. The molecular weight excluding hydrogens is 274 g/mol. The van der Waals surface area contributed by atoms with E-state index in [1.165, 1.54) is 4.90 Å². The van der Waals surface area contributed by atoms with Crippen molar-refractivity contribution >= 4 is 18.2 Å². The predicted molar refractivity (Wildman–Crippen MR) is 70.5 cm³/mol. The molecule has 0 bridgehead atoms. The van der Waals surface area contributed by atoms with Crippen molar-refractivity contribution in [2.75, 3.05) is 0 Å². The summed E-state index contributed by atoms with van der Waals surface area (Å²) in [7, 11) is 0. The molecule has 2 fully saturated rings. The van der Waals surface area contributed by atoms with E-state index in [-0.39, 0.29) is 24.7 Å². The Bertz CT molecular complexity index is 610. The van der Waals surface area contributed by atoms with E-state index >= 15 is 0 Å². The molecule has 2 aliphatic rings. The number of carbonyl (C=O) groups is 3. The first-order chi connectivity index (χ1) is 10.2. The van der Waals surface area contributed by atoms with Crippen LogP contribution in [-0.4, -0.2) is 35.3 Å². The predicted octanol–water partition coefficient (Wildman–Crippen LogP) is 0.770. The van der Waals surface area contributed by atoms with Gasteiger partial charge in [0.05, 0.1) is 6.42 Å². The van der Waals surface area contributed by atoms with E-state index in [0.717, 1.165) is 11.6 Å². The van der Waals surface area contributed by atoms with Crippen LogP contribution in [0.3, 0.4) is 0 Å². The number of β-lactam (4-membered cyclic amide) rings is 1. The second-order valence-corrected chi connectivity index (χ2v) is 4.78. The molecule has 21 heavy (non-hydrogen) atoms. The summed E-state index contributed by atoms with van der Waals surface area (Å²) in [4.78, 5) is 35.7. The Kier molecular flexibility index (Phi) is 3.43. The van der Waals surface area contributed by atoms with Crippen LogP contribution in [0.4, 0.5) is 0 Å². The summed E-state index contributed by atoms with van der Waals surface area (Å²) >= 11 is 0. The molecule has 2 unspecified atom stereocenters. The van der Waals surface area contributed by atoms with Crippen molar-refractivity contribution in [2.45, 2.75) is 25.3 Å². The molecule has 3 rings (SSSR count). The van der Waals surface area contributed by atoms with E-state index in [2.05, 4.69) is 0 Å². The second-order valence-electron chi connectivity index (χ2n) is 4.78. The van der Waals surface area contributed by atoms with E-state index in [1.807, 2.05) is 30.3 Å². The van der Waals surface area contributed by atoms with E-state index in [0.29, 0.717) is 6.29 Å². The van der Waals surface area contributed by atoms with Crippen LogP contribution in [0.2, 0.25) is 0 Å². The van der Waals surface area contributed by atoms with Crippen molar-refractivity contribution < 1.29 is 23.9 Å². The van der Waals surface area contributed by atoms with Crippen molar-refractivity contribution in [3.8, 4) is 0 Å². The van der Waals surface area contributed by atoms with E-state index in [9.17, 15) is 14.4 Å². The third-order valence-corrected chi connectivity index (χ3v) is 3.45. The van der Waals surface area contributed by atoms with Gasteiger partial charge in [-0.05, 0) is 5.56 Å². The lowest BCUT2D eigenvalue weighted by Crippen LogP contribution is -2.55. The summed E-state index contributed by atoms with van der Waals surface area (Å²) in [5.41, 5.74) is 0.845. The van der Waals surface area contributed by atoms with Gasteiger partial charge in [-0.1, -0.05) is 30.3 Å². The number of hydrogen-bond acceptors (Lipinski definition) is 5. The first-order valence-electron chi connectivity index (χ1n) is 6.54. The highest BCUT2D eigenvalue weighted by Crippen LogP contribution is 2.36. The Morgan fingerprint density at radius 3 is 2.81 bits per heavy atom. The van der Waals surface area contributed by atoms with E-state index < -0.39 is 18.2 Å². The third kappa shape index (κ3) is 2.40. The van der Waals surface area contributed by atoms with Crippen LogP contribution in [0.1, 0.15) is 12.0 Å². The number of esters is 1. The number of aldehydes is 1. The van der Waals surface area contributed by atoms with Gasteiger partial charge in [0.1, 0.15) is 18.7 Å². The largest absolute Gasteiger partial charge is 0.471 e. The zero-order valence-electron chi connectivity index (χ0n) is 11.1. The average Bonchev–Trinajstić information content (AvgIpc) is 2.79. The summed E-state index contributed by atoms with van der Waals surface area (Å²) in [5.74, 6) is -0.614. The Morgan fingerprint density at radius 2 is 2.14 bits per heavy atom. The highest BCUT2D eigenvalue weighted by atomic mass is 16.6. The van der Waals surface area contributed by atoms with Gasteiger partial charge in [-0.15, -0.1) is 0 Å². The Labute approximate surface area is 120 Å². The Balaban J connectivity index is 1.71.